The van der Waals surface area contributed by atoms with Crippen LogP contribution < -0.4 is 4.74 Å². The summed E-state index contributed by atoms with van der Waals surface area (Å²) < 4.78 is 6.53. The molecule has 0 N–H and O–H groups in total. The minimum absolute atomic E-state index is 0.435. The van der Waals surface area contributed by atoms with Gasteiger partial charge in [0.05, 0.1) is 7.11 Å². The highest BCUT2D eigenvalue weighted by Gasteiger charge is 2.16. The van der Waals surface area contributed by atoms with Gasteiger partial charge >= 0.3 is 0 Å². The van der Waals surface area contributed by atoms with Gasteiger partial charge in [-0.2, -0.15) is 9.67 Å². The van der Waals surface area contributed by atoms with Gasteiger partial charge in [-0.1, -0.05) is 11.3 Å². The Labute approximate surface area is 95.9 Å². The fourth-order valence-electron chi connectivity index (χ4n) is 1.34. The van der Waals surface area contributed by atoms with Gasteiger partial charge in [0.25, 0.3) is 5.19 Å². The highest BCUT2D eigenvalue weighted by molar-refractivity contribution is 7.15. The average Bonchev–Trinajstić information content (AvgIpc) is 2.81. The highest BCUT2D eigenvalue weighted by atomic mass is 32.1. The number of hydrogen-bond acceptors (Lipinski definition) is 6. The minimum Gasteiger partial charge on any atom is -0.473 e. The summed E-state index contributed by atoms with van der Waals surface area (Å²) in [5.74, 6) is 1.80. The second-order valence-corrected chi connectivity index (χ2v) is 4.10. The van der Waals surface area contributed by atoms with Gasteiger partial charge in [-0.3, -0.25) is 4.79 Å². The standard InChI is InChI=1S/C9H10N4O2S/c1-5-10-6(2)13(12-5)8-7(4-14)16-9(11-8)15-3/h4H,1-3H3. The summed E-state index contributed by atoms with van der Waals surface area (Å²) in [7, 11) is 1.51. The van der Waals surface area contributed by atoms with Gasteiger partial charge in [0.1, 0.15) is 16.5 Å². The molecule has 0 unspecified atom stereocenters. The van der Waals surface area contributed by atoms with Crippen molar-refractivity contribution >= 4 is 17.6 Å². The summed E-state index contributed by atoms with van der Waals surface area (Å²) in [6.07, 6.45) is 0.742. The molecular weight excluding hydrogens is 228 g/mol. The van der Waals surface area contributed by atoms with Gasteiger partial charge in [0.15, 0.2) is 12.1 Å². The van der Waals surface area contributed by atoms with E-state index in [9.17, 15) is 4.79 Å². The largest absolute Gasteiger partial charge is 0.473 e. The van der Waals surface area contributed by atoms with Crippen LogP contribution in [0.5, 0.6) is 5.19 Å². The van der Waals surface area contributed by atoms with Crippen LogP contribution in [0.1, 0.15) is 21.3 Å². The van der Waals surface area contributed by atoms with Gasteiger partial charge in [0.2, 0.25) is 0 Å². The van der Waals surface area contributed by atoms with E-state index in [-0.39, 0.29) is 0 Å². The Morgan fingerprint density at radius 1 is 1.38 bits per heavy atom. The van der Waals surface area contributed by atoms with Crippen LogP contribution in [0.3, 0.4) is 0 Å². The van der Waals surface area contributed by atoms with E-state index >= 15 is 0 Å². The number of aromatic nitrogens is 4. The van der Waals surface area contributed by atoms with Crippen molar-refractivity contribution < 1.29 is 9.53 Å². The summed E-state index contributed by atoms with van der Waals surface area (Å²) in [5, 5.41) is 4.61. The summed E-state index contributed by atoms with van der Waals surface area (Å²) in [6, 6.07) is 0. The van der Waals surface area contributed by atoms with Crippen molar-refractivity contribution in [3.8, 4) is 11.0 Å². The number of rotatable bonds is 3. The quantitative estimate of drug-likeness (QED) is 0.750. The number of aryl methyl sites for hydroxylation is 2. The number of hydrogen-bond donors (Lipinski definition) is 0. The second kappa shape index (κ2) is 4.01. The van der Waals surface area contributed by atoms with Crippen LogP contribution in [-0.2, 0) is 0 Å². The third-order valence-corrected chi connectivity index (χ3v) is 2.90. The van der Waals surface area contributed by atoms with Crippen LogP contribution in [0.4, 0.5) is 0 Å². The Kier molecular flexibility index (Phi) is 2.69. The summed E-state index contributed by atoms with van der Waals surface area (Å²) >= 11 is 1.18. The number of nitrogens with zero attached hydrogens (tertiary/aromatic N) is 4. The van der Waals surface area contributed by atoms with E-state index in [1.54, 1.807) is 13.8 Å². The Balaban J connectivity index is 2.58. The molecule has 7 heteroatoms. The van der Waals surface area contributed by atoms with Gasteiger partial charge in [-0.25, -0.2) is 4.98 Å². The molecule has 0 saturated heterocycles. The van der Waals surface area contributed by atoms with Gasteiger partial charge in [-0.05, 0) is 13.8 Å². The number of carbonyl (C=O) groups excluding carboxylic acids is 1. The molecule has 0 aromatic carbocycles. The third kappa shape index (κ3) is 1.69. The fourth-order valence-corrected chi connectivity index (χ4v) is 2.02. The van der Waals surface area contributed by atoms with E-state index in [1.165, 1.54) is 23.1 Å². The van der Waals surface area contributed by atoms with Crippen LogP contribution in [0.2, 0.25) is 0 Å². The first-order valence-corrected chi connectivity index (χ1v) is 5.38. The molecule has 0 aliphatic rings. The third-order valence-electron chi connectivity index (χ3n) is 1.97. The van der Waals surface area contributed by atoms with Crippen LogP contribution in [0.15, 0.2) is 0 Å². The van der Waals surface area contributed by atoms with Crippen molar-refractivity contribution in [2.24, 2.45) is 0 Å². The molecule has 0 bridgehead atoms. The lowest BCUT2D eigenvalue weighted by Crippen LogP contribution is -2.02. The molecule has 16 heavy (non-hydrogen) atoms. The minimum atomic E-state index is 0.435. The lowest BCUT2D eigenvalue weighted by molar-refractivity contribution is 0.112. The van der Waals surface area contributed by atoms with Crippen molar-refractivity contribution in [1.82, 2.24) is 19.7 Å². The molecule has 6 nitrogen and oxygen atoms in total. The first-order valence-electron chi connectivity index (χ1n) is 4.56. The topological polar surface area (TPSA) is 69.9 Å². The molecule has 0 spiro atoms. The number of ether oxygens (including phenoxy) is 1. The van der Waals surface area contributed by atoms with E-state index in [1.807, 2.05) is 0 Å². The maximum absolute atomic E-state index is 10.9. The van der Waals surface area contributed by atoms with Gasteiger partial charge in [0, 0.05) is 0 Å². The van der Waals surface area contributed by atoms with Crippen molar-refractivity contribution in [3.63, 3.8) is 0 Å². The SMILES string of the molecule is COc1nc(-n2nc(C)nc2C)c(C=O)s1. The zero-order chi connectivity index (χ0) is 11.7. The molecule has 0 aliphatic carbocycles. The smallest absolute Gasteiger partial charge is 0.275 e. The van der Waals surface area contributed by atoms with Crippen molar-refractivity contribution in [2.75, 3.05) is 7.11 Å². The Bertz CT molecular complexity index is 532. The monoisotopic (exact) mass is 238 g/mol. The van der Waals surface area contributed by atoms with E-state index in [2.05, 4.69) is 15.1 Å². The van der Waals surface area contributed by atoms with Crippen LogP contribution in [0.25, 0.3) is 5.82 Å². The molecule has 0 aliphatic heterocycles. The van der Waals surface area contributed by atoms with Crippen molar-refractivity contribution in [3.05, 3.63) is 16.5 Å². The molecule has 84 valence electrons. The molecule has 0 amide bonds. The zero-order valence-corrected chi connectivity index (χ0v) is 9.91. The molecule has 0 atom stereocenters. The summed E-state index contributed by atoms with van der Waals surface area (Å²) in [6.45, 7) is 3.59. The van der Waals surface area contributed by atoms with Gasteiger partial charge < -0.3 is 4.74 Å². The van der Waals surface area contributed by atoms with E-state index in [0.717, 1.165) is 6.29 Å². The predicted molar refractivity (Wildman–Crippen MR) is 58.4 cm³/mol. The molecule has 2 rings (SSSR count). The van der Waals surface area contributed by atoms with Gasteiger partial charge in [-0.15, -0.1) is 5.10 Å². The lowest BCUT2D eigenvalue weighted by atomic mass is 10.5. The molecule has 2 heterocycles. The first-order chi connectivity index (χ1) is 7.65. The number of thiazole rings is 1. The molecular formula is C9H10N4O2S. The lowest BCUT2D eigenvalue weighted by Gasteiger charge is -1.97. The Hall–Kier alpha value is -1.76. The summed E-state index contributed by atoms with van der Waals surface area (Å²) in [5.41, 5.74) is 0. The number of aldehydes is 1. The van der Waals surface area contributed by atoms with E-state index in [0.29, 0.717) is 27.5 Å². The number of methoxy groups -OCH3 is 1. The second-order valence-electron chi connectivity index (χ2n) is 3.11. The Morgan fingerprint density at radius 3 is 2.62 bits per heavy atom. The first kappa shape index (κ1) is 10.7. The predicted octanol–water partition coefficient (Wildman–Crippen LogP) is 1.16. The van der Waals surface area contributed by atoms with Crippen LogP contribution in [0, 0.1) is 13.8 Å². The van der Waals surface area contributed by atoms with Crippen molar-refractivity contribution in [2.45, 2.75) is 13.8 Å². The average molecular weight is 238 g/mol. The van der Waals surface area contributed by atoms with Crippen LogP contribution in [-0.4, -0.2) is 33.1 Å². The highest BCUT2D eigenvalue weighted by Crippen LogP contribution is 2.26. The Morgan fingerprint density at radius 2 is 2.12 bits per heavy atom. The maximum Gasteiger partial charge on any atom is 0.275 e. The fraction of sp³-hybridized carbons (Fsp3) is 0.333. The zero-order valence-electron chi connectivity index (χ0n) is 9.09. The van der Waals surface area contributed by atoms with Crippen molar-refractivity contribution in [1.29, 1.82) is 0 Å². The summed E-state index contributed by atoms with van der Waals surface area (Å²) in [4.78, 5) is 19.7. The maximum atomic E-state index is 10.9. The van der Waals surface area contributed by atoms with Crippen LogP contribution >= 0.6 is 11.3 Å². The molecule has 2 aromatic heterocycles. The van der Waals surface area contributed by atoms with E-state index < -0.39 is 0 Å². The molecule has 2 aromatic rings. The molecule has 0 radical (unpaired) electrons. The normalized spacial score (nSPS) is 10.4. The van der Waals surface area contributed by atoms with E-state index in [4.69, 9.17) is 4.74 Å². The molecule has 0 fully saturated rings. The number of carbonyl (C=O) groups is 1. The molecule has 0 saturated carbocycles.